The normalized spacial score (nSPS) is 16.2. The number of halogens is 1. The highest BCUT2D eigenvalue weighted by Gasteiger charge is 2.16. The molecule has 25 heavy (non-hydrogen) atoms. The fourth-order valence-corrected chi connectivity index (χ4v) is 2.38. The van der Waals surface area contributed by atoms with Gasteiger partial charge in [-0.1, -0.05) is 24.3 Å². The SMILES string of the molecule is COCCOc1ccc(F)c(-c2nnc3n2C/C=C\C=C/CN=C3)c1. The number of allylic oxidation sites excluding steroid dienone is 3. The molecule has 0 saturated heterocycles. The summed E-state index contributed by atoms with van der Waals surface area (Å²) in [5.41, 5.74) is 0.336. The molecule has 7 heteroatoms. The molecule has 0 unspecified atom stereocenters. The Morgan fingerprint density at radius 1 is 1.16 bits per heavy atom. The van der Waals surface area contributed by atoms with Gasteiger partial charge in [0.15, 0.2) is 11.6 Å². The molecule has 0 aliphatic carbocycles. The van der Waals surface area contributed by atoms with Gasteiger partial charge in [-0.3, -0.25) is 4.99 Å². The second kappa shape index (κ2) is 8.34. The molecule has 3 rings (SSSR count). The molecule has 1 aromatic carbocycles. The smallest absolute Gasteiger partial charge is 0.175 e. The Balaban J connectivity index is 1.95. The minimum Gasteiger partial charge on any atom is -0.491 e. The van der Waals surface area contributed by atoms with E-state index in [4.69, 9.17) is 9.47 Å². The van der Waals surface area contributed by atoms with Gasteiger partial charge in [0.1, 0.15) is 18.2 Å². The third-order valence-electron chi connectivity index (χ3n) is 3.60. The first-order valence-electron chi connectivity index (χ1n) is 7.96. The van der Waals surface area contributed by atoms with Crippen LogP contribution in [0.15, 0.2) is 47.5 Å². The Labute approximate surface area is 145 Å². The highest BCUT2D eigenvalue weighted by atomic mass is 19.1. The Hall–Kier alpha value is -2.80. The molecule has 0 radical (unpaired) electrons. The van der Waals surface area contributed by atoms with Gasteiger partial charge in [-0.15, -0.1) is 10.2 Å². The monoisotopic (exact) mass is 342 g/mol. The van der Waals surface area contributed by atoms with E-state index in [1.165, 1.54) is 6.07 Å². The van der Waals surface area contributed by atoms with Crippen LogP contribution in [0.2, 0.25) is 0 Å². The molecule has 1 aromatic heterocycles. The molecule has 1 aliphatic heterocycles. The maximum absolute atomic E-state index is 14.4. The van der Waals surface area contributed by atoms with E-state index >= 15 is 0 Å². The molecule has 0 fully saturated rings. The van der Waals surface area contributed by atoms with Crippen molar-refractivity contribution in [2.24, 2.45) is 4.99 Å². The molecule has 0 amide bonds. The summed E-state index contributed by atoms with van der Waals surface area (Å²) in [5.74, 6) is 1.19. The van der Waals surface area contributed by atoms with Crippen molar-refractivity contribution in [3.63, 3.8) is 0 Å². The van der Waals surface area contributed by atoms with Crippen LogP contribution in [0.1, 0.15) is 5.82 Å². The Bertz CT molecular complexity index is 811. The quantitative estimate of drug-likeness (QED) is 0.784. The zero-order chi connectivity index (χ0) is 17.5. The number of ether oxygens (including phenoxy) is 2. The van der Waals surface area contributed by atoms with E-state index in [0.29, 0.717) is 49.3 Å². The molecule has 0 atom stereocenters. The standard InChI is InChI=1S/C18H19FN4O2/c1-24-10-11-25-14-6-7-16(19)15(12-14)18-22-21-17-13-20-8-4-2-3-5-9-23(17)18/h2-7,12-13H,8-11H2,1H3/b4-2-,5-3-,20-13?. The van der Waals surface area contributed by atoms with Crippen molar-refractivity contribution in [3.8, 4) is 17.1 Å². The maximum Gasteiger partial charge on any atom is 0.175 e. The number of nitrogens with zero attached hydrogens (tertiary/aromatic N) is 4. The Morgan fingerprint density at radius 3 is 2.92 bits per heavy atom. The fourth-order valence-electron chi connectivity index (χ4n) is 2.38. The van der Waals surface area contributed by atoms with Gasteiger partial charge in [-0.2, -0.15) is 0 Å². The molecule has 0 spiro atoms. The molecule has 6 nitrogen and oxygen atoms in total. The second-order valence-electron chi connectivity index (χ2n) is 5.33. The van der Waals surface area contributed by atoms with Gasteiger partial charge in [-0.25, -0.2) is 4.39 Å². The maximum atomic E-state index is 14.4. The number of aliphatic imine (C=N–C) groups is 1. The lowest BCUT2D eigenvalue weighted by atomic mass is 10.2. The molecule has 1 aliphatic rings. The summed E-state index contributed by atoms with van der Waals surface area (Å²) in [7, 11) is 1.60. The number of hydrogen-bond acceptors (Lipinski definition) is 5. The molecule has 130 valence electrons. The van der Waals surface area contributed by atoms with Crippen LogP contribution >= 0.6 is 0 Å². The van der Waals surface area contributed by atoms with Gasteiger partial charge in [0.2, 0.25) is 0 Å². The molecular weight excluding hydrogens is 323 g/mol. The van der Waals surface area contributed by atoms with E-state index in [1.54, 1.807) is 25.5 Å². The molecule has 0 N–H and O–H groups in total. The first-order valence-corrected chi connectivity index (χ1v) is 7.96. The highest BCUT2D eigenvalue weighted by Crippen LogP contribution is 2.26. The number of rotatable bonds is 5. The van der Waals surface area contributed by atoms with Crippen LogP contribution in [0.3, 0.4) is 0 Å². The number of benzene rings is 1. The lowest BCUT2D eigenvalue weighted by molar-refractivity contribution is 0.146. The summed E-state index contributed by atoms with van der Waals surface area (Å²) in [6, 6.07) is 4.58. The van der Waals surface area contributed by atoms with Crippen LogP contribution in [0.25, 0.3) is 11.4 Å². The van der Waals surface area contributed by atoms with Crippen molar-refractivity contribution < 1.29 is 13.9 Å². The zero-order valence-corrected chi connectivity index (χ0v) is 13.9. The Morgan fingerprint density at radius 2 is 2.04 bits per heavy atom. The van der Waals surface area contributed by atoms with Gasteiger partial charge in [-0.05, 0) is 18.2 Å². The van der Waals surface area contributed by atoms with Gasteiger partial charge in [0, 0.05) is 13.7 Å². The van der Waals surface area contributed by atoms with Gasteiger partial charge >= 0.3 is 0 Å². The van der Waals surface area contributed by atoms with Gasteiger partial charge in [0.25, 0.3) is 0 Å². The fraction of sp³-hybridized carbons (Fsp3) is 0.278. The van der Waals surface area contributed by atoms with E-state index in [2.05, 4.69) is 15.2 Å². The highest BCUT2D eigenvalue weighted by molar-refractivity contribution is 5.76. The molecule has 0 bridgehead atoms. The summed E-state index contributed by atoms with van der Waals surface area (Å²) in [5, 5.41) is 8.29. The van der Waals surface area contributed by atoms with Crippen LogP contribution < -0.4 is 4.74 Å². The Kier molecular flexibility index (Phi) is 5.69. The average molecular weight is 342 g/mol. The predicted molar refractivity (Wildman–Crippen MR) is 93.5 cm³/mol. The average Bonchev–Trinajstić information content (AvgIpc) is 3.03. The van der Waals surface area contributed by atoms with Crippen LogP contribution in [0.5, 0.6) is 5.75 Å². The van der Waals surface area contributed by atoms with Crippen molar-refractivity contribution in [2.75, 3.05) is 26.9 Å². The predicted octanol–water partition coefficient (Wildman–Crippen LogP) is 2.65. The number of methoxy groups -OCH3 is 1. The lowest BCUT2D eigenvalue weighted by Crippen LogP contribution is -2.06. The van der Waals surface area contributed by atoms with Gasteiger partial charge < -0.3 is 14.0 Å². The largest absolute Gasteiger partial charge is 0.491 e. The van der Waals surface area contributed by atoms with E-state index < -0.39 is 0 Å². The molecule has 2 heterocycles. The first kappa shape index (κ1) is 17.0. The van der Waals surface area contributed by atoms with Gasteiger partial charge in [0.05, 0.1) is 24.9 Å². The van der Waals surface area contributed by atoms with Crippen LogP contribution in [-0.4, -0.2) is 47.8 Å². The van der Waals surface area contributed by atoms with E-state index in [0.717, 1.165) is 0 Å². The minimum atomic E-state index is -0.382. The molecular formula is C18H19FN4O2. The molecule has 0 saturated carbocycles. The summed E-state index contributed by atoms with van der Waals surface area (Å²) in [4.78, 5) is 4.27. The van der Waals surface area contributed by atoms with Crippen molar-refractivity contribution in [3.05, 3.63) is 54.1 Å². The van der Waals surface area contributed by atoms with Crippen LogP contribution in [0, 0.1) is 5.82 Å². The van der Waals surface area contributed by atoms with Crippen molar-refractivity contribution in [2.45, 2.75) is 6.54 Å². The molecule has 2 aromatic rings. The zero-order valence-electron chi connectivity index (χ0n) is 13.9. The van der Waals surface area contributed by atoms with E-state index in [1.807, 2.05) is 28.9 Å². The van der Waals surface area contributed by atoms with E-state index in [9.17, 15) is 4.39 Å². The van der Waals surface area contributed by atoms with Crippen molar-refractivity contribution >= 4 is 6.21 Å². The van der Waals surface area contributed by atoms with Crippen molar-refractivity contribution in [1.29, 1.82) is 0 Å². The third kappa shape index (κ3) is 4.19. The summed E-state index contributed by atoms with van der Waals surface area (Å²) in [6.45, 7) is 1.93. The van der Waals surface area contributed by atoms with Crippen LogP contribution in [-0.2, 0) is 11.3 Å². The topological polar surface area (TPSA) is 61.5 Å². The number of fused-ring (bicyclic) bond motifs is 1. The minimum absolute atomic E-state index is 0.336. The second-order valence-corrected chi connectivity index (χ2v) is 5.33. The lowest BCUT2D eigenvalue weighted by Gasteiger charge is -2.10. The van der Waals surface area contributed by atoms with Crippen molar-refractivity contribution in [1.82, 2.24) is 14.8 Å². The summed E-state index contributed by atoms with van der Waals surface area (Å²) >= 11 is 0. The number of hydrogen-bond donors (Lipinski definition) is 0. The third-order valence-corrected chi connectivity index (χ3v) is 3.60. The first-order chi connectivity index (χ1) is 12.3. The van der Waals surface area contributed by atoms with Crippen LogP contribution in [0.4, 0.5) is 4.39 Å². The number of aromatic nitrogens is 3. The summed E-state index contributed by atoms with van der Waals surface area (Å²) < 4.78 is 26.7. The van der Waals surface area contributed by atoms with E-state index in [-0.39, 0.29) is 5.82 Å². The summed E-state index contributed by atoms with van der Waals surface area (Å²) in [6.07, 6.45) is 9.41.